The van der Waals surface area contributed by atoms with Gasteiger partial charge in [0.15, 0.2) is 0 Å². The van der Waals surface area contributed by atoms with Crippen LogP contribution in [-0.4, -0.2) is 34.7 Å². The molecule has 1 heterocycles. The van der Waals surface area contributed by atoms with E-state index in [1.807, 2.05) is 0 Å². The van der Waals surface area contributed by atoms with E-state index < -0.39 is 5.97 Å². The summed E-state index contributed by atoms with van der Waals surface area (Å²) in [5.74, 6) is -0.722. The number of hydrogen-bond donors (Lipinski definition) is 2. The molecule has 0 aromatic carbocycles. The molecule has 2 aliphatic rings. The number of carboxylic acids is 1. The van der Waals surface area contributed by atoms with E-state index in [2.05, 4.69) is 10.4 Å². The van der Waals surface area contributed by atoms with Crippen LogP contribution in [0.5, 0.6) is 0 Å². The fourth-order valence-corrected chi connectivity index (χ4v) is 2.28. The monoisotopic (exact) mass is 184 g/mol. The molecule has 2 rings (SSSR count). The van der Waals surface area contributed by atoms with Crippen LogP contribution in [0.1, 0.15) is 32.1 Å². The average molecular weight is 184 g/mol. The molecule has 13 heavy (non-hydrogen) atoms. The Labute approximate surface area is 77.9 Å². The quantitative estimate of drug-likeness (QED) is 0.659. The van der Waals surface area contributed by atoms with Crippen LogP contribution in [0.4, 0.5) is 0 Å². The van der Waals surface area contributed by atoms with Gasteiger partial charge < -0.3 is 5.11 Å². The first-order valence-electron chi connectivity index (χ1n) is 5.03. The van der Waals surface area contributed by atoms with Crippen molar-refractivity contribution in [3.63, 3.8) is 0 Å². The number of nitrogens with one attached hydrogen (secondary N) is 1. The standard InChI is InChI=1S/C9H16N2O2/c12-9(13)8-5-6-11(10-8)7-3-1-2-4-7/h7-8,10H,1-6H2,(H,12,13). The van der Waals surface area contributed by atoms with Gasteiger partial charge in [0, 0.05) is 12.6 Å². The van der Waals surface area contributed by atoms with Crippen molar-refractivity contribution >= 4 is 5.97 Å². The van der Waals surface area contributed by atoms with Crippen molar-refractivity contribution in [1.29, 1.82) is 0 Å². The fourth-order valence-electron chi connectivity index (χ4n) is 2.28. The van der Waals surface area contributed by atoms with Crippen molar-refractivity contribution in [1.82, 2.24) is 10.4 Å². The van der Waals surface area contributed by atoms with Crippen LogP contribution in [0.3, 0.4) is 0 Å². The highest BCUT2D eigenvalue weighted by molar-refractivity contribution is 5.73. The van der Waals surface area contributed by atoms with Gasteiger partial charge >= 0.3 is 5.97 Å². The summed E-state index contributed by atoms with van der Waals surface area (Å²) in [6.45, 7) is 0.891. The summed E-state index contributed by atoms with van der Waals surface area (Å²) in [7, 11) is 0. The van der Waals surface area contributed by atoms with E-state index in [1.54, 1.807) is 0 Å². The summed E-state index contributed by atoms with van der Waals surface area (Å²) >= 11 is 0. The number of hydrogen-bond acceptors (Lipinski definition) is 3. The molecule has 74 valence electrons. The minimum atomic E-state index is -0.722. The summed E-state index contributed by atoms with van der Waals surface area (Å²) in [5, 5.41) is 10.9. The van der Waals surface area contributed by atoms with Crippen LogP contribution < -0.4 is 5.43 Å². The molecule has 1 saturated carbocycles. The number of aliphatic carboxylic acids is 1. The second kappa shape index (κ2) is 3.64. The zero-order valence-corrected chi connectivity index (χ0v) is 7.70. The van der Waals surface area contributed by atoms with Gasteiger partial charge in [0.2, 0.25) is 0 Å². The maximum absolute atomic E-state index is 10.7. The fraction of sp³-hybridized carbons (Fsp3) is 0.889. The van der Waals surface area contributed by atoms with Gasteiger partial charge in [0.25, 0.3) is 0 Å². The third kappa shape index (κ3) is 1.84. The van der Waals surface area contributed by atoms with Gasteiger partial charge in [0.05, 0.1) is 0 Å². The number of carboxylic acid groups (broad SMARTS) is 1. The van der Waals surface area contributed by atoms with Gasteiger partial charge in [-0.15, -0.1) is 0 Å². The van der Waals surface area contributed by atoms with Crippen LogP contribution in [-0.2, 0) is 4.79 Å². The lowest BCUT2D eigenvalue weighted by atomic mass is 10.2. The Bertz CT molecular complexity index is 202. The molecular weight excluding hydrogens is 168 g/mol. The first-order valence-corrected chi connectivity index (χ1v) is 5.03. The van der Waals surface area contributed by atoms with E-state index in [9.17, 15) is 4.79 Å². The average Bonchev–Trinajstić information content (AvgIpc) is 2.75. The molecule has 4 nitrogen and oxygen atoms in total. The maximum Gasteiger partial charge on any atom is 0.322 e. The zero-order chi connectivity index (χ0) is 9.26. The van der Waals surface area contributed by atoms with Crippen molar-refractivity contribution in [2.24, 2.45) is 0 Å². The lowest BCUT2D eigenvalue weighted by Gasteiger charge is -2.23. The Morgan fingerprint density at radius 3 is 2.54 bits per heavy atom. The predicted octanol–water partition coefficient (Wildman–Crippen LogP) is 0.592. The largest absolute Gasteiger partial charge is 0.480 e. The summed E-state index contributed by atoms with van der Waals surface area (Å²) < 4.78 is 0. The first kappa shape index (κ1) is 8.97. The SMILES string of the molecule is O=C(O)C1CCN(C2CCCC2)N1. The maximum atomic E-state index is 10.7. The minimum absolute atomic E-state index is 0.347. The highest BCUT2D eigenvalue weighted by atomic mass is 16.4. The molecule has 0 spiro atoms. The highest BCUT2D eigenvalue weighted by Gasteiger charge is 2.32. The van der Waals surface area contributed by atoms with Crippen molar-refractivity contribution in [3.05, 3.63) is 0 Å². The molecule has 1 unspecified atom stereocenters. The molecule has 2 N–H and O–H groups in total. The molecule has 4 heteroatoms. The predicted molar refractivity (Wildman–Crippen MR) is 48.1 cm³/mol. The van der Waals surface area contributed by atoms with E-state index >= 15 is 0 Å². The second-order valence-electron chi connectivity index (χ2n) is 3.94. The number of carbonyl (C=O) groups is 1. The van der Waals surface area contributed by atoms with Gasteiger partial charge in [-0.2, -0.15) is 0 Å². The topological polar surface area (TPSA) is 52.6 Å². The van der Waals surface area contributed by atoms with Crippen LogP contribution in [0.15, 0.2) is 0 Å². The van der Waals surface area contributed by atoms with Crippen molar-refractivity contribution in [2.45, 2.75) is 44.2 Å². The molecule has 1 aliphatic heterocycles. The molecule has 0 aromatic rings. The van der Waals surface area contributed by atoms with Gasteiger partial charge in [-0.05, 0) is 19.3 Å². The van der Waals surface area contributed by atoms with Gasteiger partial charge in [-0.3, -0.25) is 4.79 Å². The Morgan fingerprint density at radius 2 is 2.00 bits per heavy atom. The van der Waals surface area contributed by atoms with Gasteiger partial charge in [-0.25, -0.2) is 10.4 Å². The van der Waals surface area contributed by atoms with Gasteiger partial charge in [-0.1, -0.05) is 12.8 Å². The van der Waals surface area contributed by atoms with Crippen LogP contribution >= 0.6 is 0 Å². The minimum Gasteiger partial charge on any atom is -0.480 e. The Kier molecular flexibility index (Phi) is 2.51. The van der Waals surface area contributed by atoms with Crippen molar-refractivity contribution in [3.8, 4) is 0 Å². The number of hydrazine groups is 1. The third-order valence-electron chi connectivity index (χ3n) is 3.04. The Balaban J connectivity index is 1.86. The molecule has 0 amide bonds. The Hall–Kier alpha value is -0.610. The summed E-state index contributed by atoms with van der Waals surface area (Å²) in [4.78, 5) is 10.7. The zero-order valence-electron chi connectivity index (χ0n) is 7.70. The van der Waals surface area contributed by atoms with Crippen LogP contribution in [0.25, 0.3) is 0 Å². The molecule has 0 aromatic heterocycles. The summed E-state index contributed by atoms with van der Waals surface area (Å²) in [6.07, 6.45) is 5.77. The van der Waals surface area contributed by atoms with E-state index in [1.165, 1.54) is 25.7 Å². The van der Waals surface area contributed by atoms with Crippen molar-refractivity contribution in [2.75, 3.05) is 6.54 Å². The highest BCUT2D eigenvalue weighted by Crippen LogP contribution is 2.24. The molecule has 1 saturated heterocycles. The lowest BCUT2D eigenvalue weighted by molar-refractivity contribution is -0.139. The summed E-state index contributed by atoms with van der Waals surface area (Å²) in [6, 6.07) is 0.241. The van der Waals surface area contributed by atoms with Crippen LogP contribution in [0, 0.1) is 0 Å². The molecule has 1 aliphatic carbocycles. The lowest BCUT2D eigenvalue weighted by Crippen LogP contribution is -2.44. The normalized spacial score (nSPS) is 31.2. The molecule has 2 fully saturated rings. The summed E-state index contributed by atoms with van der Waals surface area (Å²) in [5.41, 5.74) is 3.07. The van der Waals surface area contributed by atoms with E-state index in [0.29, 0.717) is 6.04 Å². The molecule has 1 atom stereocenters. The third-order valence-corrected chi connectivity index (χ3v) is 3.04. The van der Waals surface area contributed by atoms with E-state index in [0.717, 1.165) is 13.0 Å². The molecular formula is C9H16N2O2. The second-order valence-corrected chi connectivity index (χ2v) is 3.94. The van der Waals surface area contributed by atoms with E-state index in [4.69, 9.17) is 5.11 Å². The first-order chi connectivity index (χ1) is 6.27. The van der Waals surface area contributed by atoms with Crippen molar-refractivity contribution < 1.29 is 9.90 Å². The number of nitrogens with zero attached hydrogens (tertiary/aromatic N) is 1. The molecule has 0 radical (unpaired) electrons. The van der Waals surface area contributed by atoms with Gasteiger partial charge in [0.1, 0.15) is 6.04 Å². The van der Waals surface area contributed by atoms with E-state index in [-0.39, 0.29) is 6.04 Å². The smallest absolute Gasteiger partial charge is 0.322 e. The Morgan fingerprint density at radius 1 is 1.31 bits per heavy atom. The van der Waals surface area contributed by atoms with Crippen LogP contribution in [0.2, 0.25) is 0 Å². The molecule has 0 bridgehead atoms. The number of rotatable bonds is 2.